The van der Waals surface area contributed by atoms with Crippen LogP contribution in [-0.2, 0) is 0 Å². The first-order valence-corrected chi connectivity index (χ1v) is 9.07. The van der Waals surface area contributed by atoms with Crippen molar-refractivity contribution in [3.8, 4) is 0 Å². The molecule has 2 aromatic heterocycles. The van der Waals surface area contributed by atoms with Gasteiger partial charge in [-0.25, -0.2) is 4.98 Å². The summed E-state index contributed by atoms with van der Waals surface area (Å²) >= 11 is 1.20. The molecule has 1 aliphatic heterocycles. The fraction of sp³-hybridized carbons (Fsp3) is 0.438. The van der Waals surface area contributed by atoms with Gasteiger partial charge in [-0.2, -0.15) is 4.98 Å². The number of aromatic nitrogens is 3. The molecule has 0 unspecified atom stereocenters. The van der Waals surface area contributed by atoms with Gasteiger partial charge in [-0.05, 0) is 43.4 Å². The molecule has 0 aliphatic carbocycles. The maximum absolute atomic E-state index is 5.39. The number of rotatable bonds is 7. The molecule has 1 aliphatic rings. The largest absolute Gasteiger partial charge is 0.356 e. The van der Waals surface area contributed by atoms with Crippen molar-refractivity contribution in [3.05, 3.63) is 36.8 Å². The van der Waals surface area contributed by atoms with E-state index < -0.39 is 0 Å². The fourth-order valence-corrected chi connectivity index (χ4v) is 3.16. The van der Waals surface area contributed by atoms with Gasteiger partial charge < -0.3 is 10.2 Å². The van der Waals surface area contributed by atoms with Gasteiger partial charge in [-0.1, -0.05) is 0 Å². The van der Waals surface area contributed by atoms with Crippen molar-refractivity contribution in [1.29, 1.82) is 0 Å². The highest BCUT2D eigenvalue weighted by molar-refractivity contribution is 7.95. The monoisotopic (exact) mass is 345 g/mol. The summed E-state index contributed by atoms with van der Waals surface area (Å²) in [6.45, 7) is 3.04. The molecule has 2 aromatic rings. The third-order valence-corrected chi connectivity index (χ3v) is 4.62. The zero-order valence-electron chi connectivity index (χ0n) is 13.6. The first-order valence-electron chi connectivity index (χ1n) is 8.19. The van der Waals surface area contributed by atoms with Crippen LogP contribution in [-0.4, -0.2) is 34.6 Å². The number of nitrogens with zero attached hydrogens (tertiary/aromatic N) is 4. The molecule has 0 spiro atoms. The second-order valence-corrected chi connectivity index (χ2v) is 6.36. The lowest BCUT2D eigenvalue weighted by molar-refractivity contribution is 0.382. The topological polar surface area (TPSA) is 92.0 Å². The van der Waals surface area contributed by atoms with Gasteiger partial charge in [-0.3, -0.25) is 14.8 Å². The summed E-state index contributed by atoms with van der Waals surface area (Å²) in [5.41, 5.74) is 0.936. The van der Waals surface area contributed by atoms with E-state index in [1.807, 2.05) is 18.2 Å². The summed E-state index contributed by atoms with van der Waals surface area (Å²) in [5.74, 6) is 2.36. The van der Waals surface area contributed by atoms with Crippen LogP contribution in [0.5, 0.6) is 0 Å². The van der Waals surface area contributed by atoms with E-state index in [1.54, 1.807) is 18.6 Å². The van der Waals surface area contributed by atoms with Crippen molar-refractivity contribution < 1.29 is 0 Å². The van der Waals surface area contributed by atoms with E-state index in [-0.39, 0.29) is 0 Å². The van der Waals surface area contributed by atoms with Crippen LogP contribution >= 0.6 is 12.1 Å². The molecule has 0 bridgehead atoms. The quantitative estimate of drug-likeness (QED) is 0.520. The third-order valence-electron chi connectivity index (χ3n) is 4.25. The van der Waals surface area contributed by atoms with Crippen molar-refractivity contribution in [3.63, 3.8) is 0 Å². The van der Waals surface area contributed by atoms with Gasteiger partial charge in [-0.15, -0.1) is 0 Å². The van der Waals surface area contributed by atoms with Crippen LogP contribution in [0.4, 0.5) is 17.5 Å². The third kappa shape index (κ3) is 4.80. The molecule has 4 N–H and O–H groups in total. The highest BCUT2D eigenvalue weighted by atomic mass is 32.2. The molecular formula is C16H23N7S. The summed E-state index contributed by atoms with van der Waals surface area (Å²) < 4.78 is 3.12. The van der Waals surface area contributed by atoms with Crippen molar-refractivity contribution in [2.45, 2.75) is 19.3 Å². The Balaban J connectivity index is 1.55. The highest BCUT2D eigenvalue weighted by Crippen LogP contribution is 2.24. The van der Waals surface area contributed by atoms with Crippen LogP contribution in [0.3, 0.4) is 0 Å². The molecule has 1 fully saturated rings. The second-order valence-electron chi connectivity index (χ2n) is 5.83. The summed E-state index contributed by atoms with van der Waals surface area (Å²) in [6, 6.07) is 5.77. The van der Waals surface area contributed by atoms with E-state index >= 15 is 0 Å². The number of nitrogens with two attached hydrogens (primary N) is 1. The van der Waals surface area contributed by atoms with Crippen LogP contribution in [0, 0.1) is 5.92 Å². The summed E-state index contributed by atoms with van der Waals surface area (Å²) in [7, 11) is 0. The van der Waals surface area contributed by atoms with E-state index in [0.717, 1.165) is 37.1 Å². The normalized spacial score (nSPS) is 15.5. The van der Waals surface area contributed by atoms with Crippen molar-refractivity contribution in [2.24, 2.45) is 11.1 Å². The number of pyridine rings is 1. The predicted molar refractivity (Wildman–Crippen MR) is 98.9 cm³/mol. The summed E-state index contributed by atoms with van der Waals surface area (Å²) in [4.78, 5) is 15.3. The molecule has 128 valence electrons. The molecule has 0 radical (unpaired) electrons. The molecule has 7 nitrogen and oxygen atoms in total. The maximum Gasteiger partial charge on any atom is 0.229 e. The Morgan fingerprint density at radius 1 is 1.17 bits per heavy atom. The number of piperidine rings is 1. The van der Waals surface area contributed by atoms with Gasteiger partial charge in [0.15, 0.2) is 0 Å². The Kier molecular flexibility index (Phi) is 6.22. The van der Waals surface area contributed by atoms with Crippen molar-refractivity contribution in [1.82, 2.24) is 19.7 Å². The van der Waals surface area contributed by atoms with Gasteiger partial charge in [0.05, 0.1) is 0 Å². The molecule has 0 atom stereocenters. The Morgan fingerprint density at radius 3 is 2.71 bits per heavy atom. The lowest BCUT2D eigenvalue weighted by Gasteiger charge is -2.32. The minimum Gasteiger partial charge on any atom is -0.356 e. The molecule has 1 saturated heterocycles. The molecule has 8 heteroatoms. The fourth-order valence-electron chi connectivity index (χ4n) is 2.92. The van der Waals surface area contributed by atoms with E-state index in [4.69, 9.17) is 5.14 Å². The Bertz CT molecular complexity index is 617. The van der Waals surface area contributed by atoms with Gasteiger partial charge in [0.1, 0.15) is 5.82 Å². The van der Waals surface area contributed by atoms with Crippen LogP contribution in [0.15, 0.2) is 36.8 Å². The number of hydrogen-bond donors (Lipinski definition) is 3. The molecule has 0 amide bonds. The Hall–Kier alpha value is -1.90. The predicted octanol–water partition coefficient (Wildman–Crippen LogP) is 2.33. The van der Waals surface area contributed by atoms with E-state index in [2.05, 4.69) is 29.9 Å². The average Bonchev–Trinajstić information content (AvgIpc) is 2.64. The molecule has 24 heavy (non-hydrogen) atoms. The number of anilines is 3. The highest BCUT2D eigenvalue weighted by Gasteiger charge is 2.20. The van der Waals surface area contributed by atoms with E-state index in [0.29, 0.717) is 5.95 Å². The summed E-state index contributed by atoms with van der Waals surface area (Å²) in [6.07, 6.45) is 8.85. The van der Waals surface area contributed by atoms with Gasteiger partial charge in [0, 0.05) is 56.0 Å². The summed E-state index contributed by atoms with van der Waals surface area (Å²) in [5, 5.41) is 8.60. The Morgan fingerprint density at radius 2 is 1.96 bits per heavy atom. The van der Waals surface area contributed by atoms with Crippen LogP contribution < -0.4 is 20.1 Å². The lowest BCUT2D eigenvalue weighted by Crippen LogP contribution is -2.35. The van der Waals surface area contributed by atoms with E-state index in [9.17, 15) is 0 Å². The van der Waals surface area contributed by atoms with Crippen LogP contribution in [0.2, 0.25) is 0 Å². The van der Waals surface area contributed by atoms with Crippen molar-refractivity contribution in [2.75, 3.05) is 29.9 Å². The first kappa shape index (κ1) is 16.9. The van der Waals surface area contributed by atoms with Gasteiger partial charge in [0.2, 0.25) is 5.95 Å². The number of hydrogen-bond acceptors (Lipinski definition) is 8. The van der Waals surface area contributed by atoms with Gasteiger partial charge in [0.25, 0.3) is 0 Å². The van der Waals surface area contributed by atoms with E-state index in [1.165, 1.54) is 31.4 Å². The standard InChI is InChI=1S/C16H23N7S/c17-24-20-10-1-13-5-11-23(12-6-13)15-4-9-19-16(22-15)21-14-2-7-18-8-3-14/h2-4,7-9,13,20H,1,5-6,10-12,17H2,(H,18,19,21,22). The van der Waals surface area contributed by atoms with Crippen molar-refractivity contribution >= 4 is 29.6 Å². The minimum absolute atomic E-state index is 0.616. The molecule has 3 heterocycles. The second kappa shape index (κ2) is 8.81. The molecule has 3 rings (SSSR count). The zero-order valence-corrected chi connectivity index (χ0v) is 14.4. The van der Waals surface area contributed by atoms with Crippen LogP contribution in [0.25, 0.3) is 0 Å². The SMILES string of the molecule is NSNCCC1CCN(c2ccnc(Nc3ccncc3)n2)CC1. The average molecular weight is 345 g/mol. The minimum atomic E-state index is 0.616. The Labute approximate surface area is 146 Å². The maximum atomic E-state index is 5.39. The molecular weight excluding hydrogens is 322 g/mol. The van der Waals surface area contributed by atoms with Gasteiger partial charge >= 0.3 is 0 Å². The number of nitrogens with one attached hydrogen (secondary N) is 2. The molecule has 0 saturated carbocycles. The smallest absolute Gasteiger partial charge is 0.229 e. The first-order chi connectivity index (χ1) is 11.8. The molecule has 0 aromatic carbocycles. The zero-order chi connectivity index (χ0) is 16.6. The van der Waals surface area contributed by atoms with Crippen LogP contribution in [0.1, 0.15) is 19.3 Å². The lowest BCUT2D eigenvalue weighted by atomic mass is 9.94.